The van der Waals surface area contributed by atoms with Crippen LogP contribution in [0.25, 0.3) is 0 Å². The van der Waals surface area contributed by atoms with Crippen molar-refractivity contribution in [3.05, 3.63) is 0 Å². The maximum atomic E-state index is 10.7. The summed E-state index contributed by atoms with van der Waals surface area (Å²) in [7, 11) is 1.72. The zero-order chi connectivity index (χ0) is 12.9. The summed E-state index contributed by atoms with van der Waals surface area (Å²) in [6.45, 7) is 8.36. The van der Waals surface area contributed by atoms with Crippen molar-refractivity contribution in [3.63, 3.8) is 0 Å². The van der Waals surface area contributed by atoms with Crippen LogP contribution in [0.4, 0.5) is 0 Å². The topological polar surface area (TPSA) is 38.7 Å². The smallest absolute Gasteiger partial charge is 0.0940 e. The molecule has 1 aliphatic carbocycles. The normalized spacial score (nSPS) is 35.3. The van der Waals surface area contributed by atoms with Crippen LogP contribution < -0.4 is 0 Å². The average Bonchev–Trinajstić information content (AvgIpc) is 2.33. The number of aliphatic hydroxyl groups excluding tert-OH is 1. The third kappa shape index (κ3) is 2.13. The monoisotopic (exact) mass is 242 g/mol. The van der Waals surface area contributed by atoms with E-state index in [4.69, 9.17) is 9.47 Å². The van der Waals surface area contributed by atoms with E-state index >= 15 is 0 Å². The molecule has 0 aromatic carbocycles. The molecule has 17 heavy (non-hydrogen) atoms. The quantitative estimate of drug-likeness (QED) is 0.826. The molecule has 2 fully saturated rings. The lowest BCUT2D eigenvalue weighted by molar-refractivity contribution is -0.183. The third-order valence-electron chi connectivity index (χ3n) is 4.67. The number of rotatable bonds is 3. The van der Waals surface area contributed by atoms with Crippen molar-refractivity contribution < 1.29 is 14.6 Å². The standard InChI is InChI=1S/C14H26O3/c1-12(2)9-10(13(3,4)17-12)11(15)14(16-5)7-6-8-14/h10-11,15H,6-9H2,1-5H3. The molecule has 1 saturated heterocycles. The van der Waals surface area contributed by atoms with Crippen LogP contribution in [-0.4, -0.2) is 35.1 Å². The second-order valence-corrected chi connectivity index (χ2v) is 6.84. The summed E-state index contributed by atoms with van der Waals surface area (Å²) >= 11 is 0. The molecule has 1 aliphatic heterocycles. The van der Waals surface area contributed by atoms with Crippen molar-refractivity contribution in [2.45, 2.75) is 76.3 Å². The first-order chi connectivity index (χ1) is 7.72. The maximum Gasteiger partial charge on any atom is 0.0940 e. The van der Waals surface area contributed by atoms with Crippen molar-refractivity contribution in [2.75, 3.05) is 7.11 Å². The molecule has 100 valence electrons. The van der Waals surface area contributed by atoms with E-state index in [1.165, 1.54) is 0 Å². The van der Waals surface area contributed by atoms with E-state index in [9.17, 15) is 5.11 Å². The Morgan fingerprint density at radius 3 is 2.12 bits per heavy atom. The lowest BCUT2D eigenvalue weighted by Crippen LogP contribution is -2.56. The Kier molecular flexibility index (Phi) is 3.08. The Labute approximate surface area is 104 Å². The van der Waals surface area contributed by atoms with Gasteiger partial charge in [0, 0.05) is 13.0 Å². The van der Waals surface area contributed by atoms with Gasteiger partial charge < -0.3 is 14.6 Å². The first-order valence-corrected chi connectivity index (χ1v) is 6.66. The fraction of sp³-hybridized carbons (Fsp3) is 1.00. The molecule has 0 bridgehead atoms. The molecule has 2 atom stereocenters. The summed E-state index contributed by atoms with van der Waals surface area (Å²) < 4.78 is 11.7. The molecule has 1 N–H and O–H groups in total. The predicted molar refractivity (Wildman–Crippen MR) is 66.9 cm³/mol. The summed E-state index contributed by atoms with van der Waals surface area (Å²) in [6.07, 6.45) is 3.57. The SMILES string of the molecule is COC1(C(O)C2CC(C)(C)OC2(C)C)CCC1. The van der Waals surface area contributed by atoms with E-state index in [1.807, 2.05) is 0 Å². The highest BCUT2D eigenvalue weighted by Gasteiger charge is 2.56. The van der Waals surface area contributed by atoms with E-state index in [2.05, 4.69) is 27.7 Å². The second kappa shape index (κ2) is 3.94. The zero-order valence-corrected chi connectivity index (χ0v) is 11.7. The van der Waals surface area contributed by atoms with Gasteiger partial charge in [-0.15, -0.1) is 0 Å². The number of aliphatic hydroxyl groups is 1. The number of hydrogen-bond acceptors (Lipinski definition) is 3. The third-order valence-corrected chi connectivity index (χ3v) is 4.67. The molecule has 3 nitrogen and oxygen atoms in total. The van der Waals surface area contributed by atoms with E-state index < -0.39 is 6.10 Å². The van der Waals surface area contributed by atoms with Gasteiger partial charge in [0.15, 0.2) is 0 Å². The fourth-order valence-electron chi connectivity index (χ4n) is 3.61. The Bertz CT molecular complexity index is 286. The van der Waals surface area contributed by atoms with E-state index in [1.54, 1.807) is 7.11 Å². The van der Waals surface area contributed by atoms with Crippen LogP contribution in [0, 0.1) is 5.92 Å². The molecule has 0 aromatic heterocycles. The van der Waals surface area contributed by atoms with Gasteiger partial charge in [-0.25, -0.2) is 0 Å². The van der Waals surface area contributed by atoms with Crippen LogP contribution in [0.3, 0.4) is 0 Å². The first kappa shape index (κ1) is 13.3. The van der Waals surface area contributed by atoms with Crippen LogP contribution in [-0.2, 0) is 9.47 Å². The predicted octanol–water partition coefficient (Wildman–Crippen LogP) is 2.51. The highest BCUT2D eigenvalue weighted by molar-refractivity contribution is 5.06. The van der Waals surface area contributed by atoms with Crippen LogP contribution in [0.15, 0.2) is 0 Å². The molecule has 2 rings (SSSR count). The van der Waals surface area contributed by atoms with E-state index in [-0.39, 0.29) is 22.7 Å². The van der Waals surface area contributed by atoms with Gasteiger partial charge in [0.25, 0.3) is 0 Å². The molecular weight excluding hydrogens is 216 g/mol. The highest BCUT2D eigenvalue weighted by atomic mass is 16.5. The Morgan fingerprint density at radius 2 is 1.82 bits per heavy atom. The summed E-state index contributed by atoms with van der Waals surface area (Å²) in [6, 6.07) is 0. The van der Waals surface area contributed by atoms with E-state index in [0.717, 1.165) is 25.7 Å². The van der Waals surface area contributed by atoms with Crippen LogP contribution in [0.2, 0.25) is 0 Å². The maximum absolute atomic E-state index is 10.7. The van der Waals surface area contributed by atoms with E-state index in [0.29, 0.717) is 0 Å². The van der Waals surface area contributed by atoms with Gasteiger partial charge >= 0.3 is 0 Å². The Balaban J connectivity index is 2.17. The van der Waals surface area contributed by atoms with Gasteiger partial charge in [-0.2, -0.15) is 0 Å². The number of methoxy groups -OCH3 is 1. The van der Waals surface area contributed by atoms with Gasteiger partial charge in [0.05, 0.1) is 22.9 Å². The van der Waals surface area contributed by atoms with Gasteiger partial charge in [-0.1, -0.05) is 0 Å². The fourth-order valence-corrected chi connectivity index (χ4v) is 3.61. The van der Waals surface area contributed by atoms with Gasteiger partial charge in [0.2, 0.25) is 0 Å². The molecule has 0 aromatic rings. The van der Waals surface area contributed by atoms with Crippen LogP contribution in [0.1, 0.15) is 53.4 Å². The summed E-state index contributed by atoms with van der Waals surface area (Å²) in [4.78, 5) is 0. The number of ether oxygens (including phenoxy) is 2. The average molecular weight is 242 g/mol. The molecule has 0 radical (unpaired) electrons. The van der Waals surface area contributed by atoms with Crippen molar-refractivity contribution in [1.82, 2.24) is 0 Å². The summed E-state index contributed by atoms with van der Waals surface area (Å²) in [5.74, 6) is 0.151. The van der Waals surface area contributed by atoms with Gasteiger partial charge in [-0.05, 0) is 53.4 Å². The van der Waals surface area contributed by atoms with Gasteiger partial charge in [0.1, 0.15) is 0 Å². The van der Waals surface area contributed by atoms with Crippen molar-refractivity contribution in [1.29, 1.82) is 0 Å². The van der Waals surface area contributed by atoms with Crippen LogP contribution >= 0.6 is 0 Å². The first-order valence-electron chi connectivity index (χ1n) is 6.66. The molecule has 0 amide bonds. The Morgan fingerprint density at radius 1 is 1.24 bits per heavy atom. The lowest BCUT2D eigenvalue weighted by Gasteiger charge is -2.48. The summed E-state index contributed by atoms with van der Waals surface area (Å²) in [5, 5.41) is 10.7. The molecule has 1 saturated carbocycles. The molecule has 2 unspecified atom stereocenters. The Hall–Kier alpha value is -0.120. The van der Waals surface area contributed by atoms with Crippen LogP contribution in [0.5, 0.6) is 0 Å². The largest absolute Gasteiger partial charge is 0.390 e. The minimum atomic E-state index is -0.418. The molecular formula is C14H26O3. The minimum Gasteiger partial charge on any atom is -0.390 e. The zero-order valence-electron chi connectivity index (χ0n) is 11.7. The second-order valence-electron chi connectivity index (χ2n) is 6.84. The molecule has 3 heteroatoms. The molecule has 1 heterocycles. The van der Waals surface area contributed by atoms with Crippen molar-refractivity contribution in [2.24, 2.45) is 5.92 Å². The molecule has 2 aliphatic rings. The molecule has 0 spiro atoms. The van der Waals surface area contributed by atoms with Crippen molar-refractivity contribution >= 4 is 0 Å². The van der Waals surface area contributed by atoms with Crippen molar-refractivity contribution in [3.8, 4) is 0 Å². The lowest BCUT2D eigenvalue weighted by atomic mass is 9.68. The number of hydrogen-bond donors (Lipinski definition) is 1. The highest BCUT2D eigenvalue weighted by Crippen LogP contribution is 2.50. The minimum absolute atomic E-state index is 0.145. The summed E-state index contributed by atoms with van der Waals surface area (Å²) in [5.41, 5.74) is -0.733. The van der Waals surface area contributed by atoms with Gasteiger partial charge in [-0.3, -0.25) is 0 Å².